The second-order valence-electron chi connectivity index (χ2n) is 4.55. The summed E-state index contributed by atoms with van der Waals surface area (Å²) in [5.41, 5.74) is 2.84. The van der Waals surface area contributed by atoms with E-state index in [1.807, 2.05) is 18.2 Å². The minimum atomic E-state index is 0.398. The number of nitriles is 1. The van der Waals surface area contributed by atoms with E-state index >= 15 is 0 Å². The molecule has 20 heavy (non-hydrogen) atoms. The largest absolute Gasteiger partial charge is 0.352 e. The third-order valence-electron chi connectivity index (χ3n) is 3.29. The molecule has 2 aromatic heterocycles. The number of hydrogen-bond donors (Lipinski definition) is 0. The maximum atomic E-state index is 8.91. The van der Waals surface area contributed by atoms with Gasteiger partial charge in [-0.2, -0.15) is 5.26 Å². The maximum Gasteiger partial charge on any atom is 0.145 e. The highest BCUT2D eigenvalue weighted by Gasteiger charge is 2.15. The van der Waals surface area contributed by atoms with Crippen LogP contribution in [0.4, 0.5) is 5.82 Å². The lowest BCUT2D eigenvalue weighted by molar-refractivity contribution is 0.811. The first-order valence-corrected chi connectivity index (χ1v) is 6.43. The summed E-state index contributed by atoms with van der Waals surface area (Å²) < 4.78 is 0. The molecule has 0 aromatic carbocycles. The summed E-state index contributed by atoms with van der Waals surface area (Å²) in [6.07, 6.45) is 8.25. The van der Waals surface area contributed by atoms with Gasteiger partial charge >= 0.3 is 0 Å². The van der Waals surface area contributed by atoms with Gasteiger partial charge in [0, 0.05) is 31.5 Å². The first kappa shape index (κ1) is 12.3. The van der Waals surface area contributed by atoms with Crippen molar-refractivity contribution in [3.8, 4) is 6.07 Å². The summed E-state index contributed by atoms with van der Waals surface area (Å²) in [6, 6.07) is 7.80. The summed E-state index contributed by atoms with van der Waals surface area (Å²) in [6.45, 7) is 1.68. The van der Waals surface area contributed by atoms with Gasteiger partial charge in [0.25, 0.3) is 0 Å². The van der Waals surface area contributed by atoms with Gasteiger partial charge in [-0.15, -0.1) is 0 Å². The molecule has 98 valence electrons. The Labute approximate surface area is 117 Å². The molecule has 5 nitrogen and oxygen atoms in total. The number of rotatable bonds is 2. The van der Waals surface area contributed by atoms with Crippen LogP contribution in [0.3, 0.4) is 0 Å². The lowest BCUT2D eigenvalue weighted by atomic mass is 10.0. The molecule has 1 aliphatic rings. The van der Waals surface area contributed by atoms with Crippen LogP contribution in [0.25, 0.3) is 5.57 Å². The fraction of sp³-hybridized carbons (Fsp3) is 0.200. The van der Waals surface area contributed by atoms with Gasteiger partial charge in [-0.3, -0.25) is 4.98 Å². The highest BCUT2D eigenvalue weighted by molar-refractivity contribution is 5.70. The Morgan fingerprint density at radius 2 is 2.05 bits per heavy atom. The van der Waals surface area contributed by atoms with Gasteiger partial charge in [-0.05, 0) is 29.7 Å². The van der Waals surface area contributed by atoms with Crippen molar-refractivity contribution in [3.63, 3.8) is 0 Å². The van der Waals surface area contributed by atoms with E-state index in [-0.39, 0.29) is 0 Å². The molecule has 1 aliphatic heterocycles. The number of pyridine rings is 1. The standard InChI is InChI=1S/C15H13N5/c16-9-14-8-15(19-11-18-14)20-7-1-2-13(10-20)12-3-5-17-6-4-12/h2-6,8,11H,1,7,10H2. The molecule has 3 heterocycles. The average molecular weight is 263 g/mol. The van der Waals surface area contributed by atoms with Crippen molar-refractivity contribution < 1.29 is 0 Å². The quantitative estimate of drug-likeness (QED) is 0.829. The molecule has 0 aliphatic carbocycles. The summed E-state index contributed by atoms with van der Waals surface area (Å²) in [5.74, 6) is 0.802. The topological polar surface area (TPSA) is 65.7 Å². The first-order valence-electron chi connectivity index (χ1n) is 6.43. The van der Waals surface area contributed by atoms with Crippen molar-refractivity contribution in [1.82, 2.24) is 15.0 Å². The molecule has 0 saturated heterocycles. The van der Waals surface area contributed by atoms with Gasteiger partial charge in [0.1, 0.15) is 23.9 Å². The number of aromatic nitrogens is 3. The lowest BCUT2D eigenvalue weighted by Crippen LogP contribution is -2.30. The van der Waals surface area contributed by atoms with Crippen molar-refractivity contribution in [3.05, 3.63) is 54.3 Å². The molecule has 0 radical (unpaired) electrons. The van der Waals surface area contributed by atoms with Gasteiger partial charge in [-0.1, -0.05) is 6.08 Å². The Hall–Kier alpha value is -2.74. The molecular weight excluding hydrogens is 250 g/mol. The van der Waals surface area contributed by atoms with E-state index in [1.165, 1.54) is 17.5 Å². The van der Waals surface area contributed by atoms with Crippen LogP contribution < -0.4 is 4.90 Å². The van der Waals surface area contributed by atoms with Gasteiger partial charge < -0.3 is 4.90 Å². The molecule has 0 bridgehead atoms. The van der Waals surface area contributed by atoms with Crippen LogP contribution in [0.5, 0.6) is 0 Å². The van der Waals surface area contributed by atoms with E-state index in [0.717, 1.165) is 25.3 Å². The van der Waals surface area contributed by atoms with Crippen LogP contribution in [0.15, 0.2) is 43.0 Å². The van der Waals surface area contributed by atoms with Crippen molar-refractivity contribution in [2.45, 2.75) is 6.42 Å². The van der Waals surface area contributed by atoms with Crippen LogP contribution in [-0.4, -0.2) is 28.0 Å². The molecule has 0 amide bonds. The Kier molecular flexibility index (Phi) is 3.38. The number of hydrogen-bond acceptors (Lipinski definition) is 5. The SMILES string of the molecule is N#Cc1cc(N2CCC=C(c3ccncc3)C2)ncn1. The Bertz CT molecular complexity index is 672. The van der Waals surface area contributed by atoms with E-state index in [1.54, 1.807) is 18.5 Å². The van der Waals surface area contributed by atoms with Crippen LogP contribution in [-0.2, 0) is 0 Å². The molecule has 0 atom stereocenters. The lowest BCUT2D eigenvalue weighted by Gasteiger charge is -2.28. The molecule has 0 unspecified atom stereocenters. The summed E-state index contributed by atoms with van der Waals surface area (Å²) in [4.78, 5) is 14.4. The van der Waals surface area contributed by atoms with Crippen molar-refractivity contribution in [2.24, 2.45) is 0 Å². The molecule has 0 saturated carbocycles. The van der Waals surface area contributed by atoms with E-state index in [2.05, 4.69) is 25.9 Å². The zero-order valence-corrected chi connectivity index (χ0v) is 10.9. The van der Waals surface area contributed by atoms with E-state index in [9.17, 15) is 0 Å². The second-order valence-corrected chi connectivity index (χ2v) is 4.55. The predicted octanol–water partition coefficient (Wildman–Crippen LogP) is 2.04. The zero-order chi connectivity index (χ0) is 13.8. The van der Waals surface area contributed by atoms with E-state index in [4.69, 9.17) is 5.26 Å². The highest BCUT2D eigenvalue weighted by atomic mass is 15.2. The third-order valence-corrected chi connectivity index (χ3v) is 3.29. The minimum absolute atomic E-state index is 0.398. The molecule has 0 spiro atoms. The predicted molar refractivity (Wildman–Crippen MR) is 75.8 cm³/mol. The van der Waals surface area contributed by atoms with Gasteiger partial charge in [0.15, 0.2) is 0 Å². The smallest absolute Gasteiger partial charge is 0.145 e. The van der Waals surface area contributed by atoms with E-state index < -0.39 is 0 Å². The minimum Gasteiger partial charge on any atom is -0.352 e. The number of anilines is 1. The molecular formula is C15H13N5. The maximum absolute atomic E-state index is 8.91. The monoisotopic (exact) mass is 263 g/mol. The Balaban J connectivity index is 1.84. The van der Waals surface area contributed by atoms with Gasteiger partial charge in [-0.25, -0.2) is 9.97 Å². The van der Waals surface area contributed by atoms with Gasteiger partial charge in [0.05, 0.1) is 0 Å². The first-order chi connectivity index (χ1) is 9.86. The zero-order valence-electron chi connectivity index (χ0n) is 10.9. The molecule has 3 rings (SSSR count). The number of nitrogens with zero attached hydrogens (tertiary/aromatic N) is 5. The fourth-order valence-electron chi connectivity index (χ4n) is 2.30. The van der Waals surface area contributed by atoms with Crippen LogP contribution in [0.1, 0.15) is 17.7 Å². The second kappa shape index (κ2) is 5.49. The van der Waals surface area contributed by atoms with Crippen molar-refractivity contribution in [1.29, 1.82) is 5.26 Å². The van der Waals surface area contributed by atoms with Crippen LogP contribution in [0, 0.1) is 11.3 Å². The van der Waals surface area contributed by atoms with E-state index in [0.29, 0.717) is 5.69 Å². The van der Waals surface area contributed by atoms with Crippen molar-refractivity contribution in [2.75, 3.05) is 18.0 Å². The molecule has 5 heteroatoms. The Morgan fingerprint density at radius 1 is 1.20 bits per heavy atom. The normalized spacial score (nSPS) is 14.6. The molecule has 0 N–H and O–H groups in total. The fourth-order valence-corrected chi connectivity index (χ4v) is 2.30. The van der Waals surface area contributed by atoms with Crippen LogP contribution >= 0.6 is 0 Å². The third kappa shape index (κ3) is 2.50. The average Bonchev–Trinajstić information content (AvgIpc) is 2.56. The summed E-state index contributed by atoms with van der Waals surface area (Å²) in [7, 11) is 0. The molecule has 0 fully saturated rings. The van der Waals surface area contributed by atoms with Crippen molar-refractivity contribution >= 4 is 11.4 Å². The summed E-state index contributed by atoms with van der Waals surface area (Å²) >= 11 is 0. The highest BCUT2D eigenvalue weighted by Crippen LogP contribution is 2.23. The molecule has 2 aromatic rings. The summed E-state index contributed by atoms with van der Waals surface area (Å²) in [5, 5.41) is 8.91. The van der Waals surface area contributed by atoms with Crippen LogP contribution in [0.2, 0.25) is 0 Å². The van der Waals surface area contributed by atoms with Gasteiger partial charge in [0.2, 0.25) is 0 Å². The Morgan fingerprint density at radius 3 is 2.85 bits per heavy atom.